The summed E-state index contributed by atoms with van der Waals surface area (Å²) in [6.07, 6.45) is 2.74. The van der Waals surface area contributed by atoms with Crippen LogP contribution in [0.3, 0.4) is 0 Å². The second-order valence-corrected chi connectivity index (χ2v) is 7.27. The molecule has 2 N–H and O–H groups in total. The molecule has 4 nitrogen and oxygen atoms in total. The quantitative estimate of drug-likeness (QED) is 0.756. The molecule has 1 aliphatic carbocycles. The Morgan fingerprint density at radius 3 is 2.60 bits per heavy atom. The maximum absolute atomic E-state index is 12.1. The van der Waals surface area contributed by atoms with E-state index >= 15 is 0 Å². The summed E-state index contributed by atoms with van der Waals surface area (Å²) in [6, 6.07) is -0.171. The van der Waals surface area contributed by atoms with Crippen molar-refractivity contribution < 1.29 is 9.90 Å². The van der Waals surface area contributed by atoms with E-state index < -0.39 is 6.10 Å². The van der Waals surface area contributed by atoms with E-state index in [4.69, 9.17) is 23.2 Å². The largest absolute Gasteiger partial charge is 0.393 e. The lowest BCUT2D eigenvalue weighted by Gasteiger charge is -2.43. The highest BCUT2D eigenvalue weighted by atomic mass is 35.5. The van der Waals surface area contributed by atoms with E-state index in [2.05, 4.69) is 5.32 Å². The minimum Gasteiger partial charge on any atom is -0.393 e. The molecule has 0 aromatic heterocycles. The van der Waals surface area contributed by atoms with Crippen molar-refractivity contribution in [2.75, 3.05) is 20.6 Å². The monoisotopic (exact) mass is 322 g/mol. The zero-order chi connectivity index (χ0) is 14.9. The summed E-state index contributed by atoms with van der Waals surface area (Å²) in [7, 11) is 3.53. The lowest BCUT2D eigenvalue weighted by atomic mass is 9.72. The fraction of sp³-hybridized carbons (Fsp3) is 0.929. The molecule has 0 spiro atoms. The maximum atomic E-state index is 12.1. The third-order valence-electron chi connectivity index (χ3n) is 4.62. The van der Waals surface area contributed by atoms with E-state index in [0.29, 0.717) is 6.42 Å². The Balaban J connectivity index is 2.05. The second-order valence-electron chi connectivity index (χ2n) is 6.21. The molecule has 1 saturated heterocycles. The van der Waals surface area contributed by atoms with Gasteiger partial charge < -0.3 is 15.3 Å². The molecule has 6 atom stereocenters. The van der Waals surface area contributed by atoms with Gasteiger partial charge in [0.05, 0.1) is 22.9 Å². The number of carbonyl (C=O) groups excluding carboxylic acids is 1. The molecule has 0 radical (unpaired) electrons. The Hall–Kier alpha value is -0.0300. The zero-order valence-electron chi connectivity index (χ0n) is 12.1. The van der Waals surface area contributed by atoms with Gasteiger partial charge in [0.25, 0.3) is 0 Å². The van der Waals surface area contributed by atoms with Crippen LogP contribution in [-0.2, 0) is 4.79 Å². The molecule has 0 aromatic rings. The first-order chi connectivity index (χ1) is 9.41. The molecule has 1 saturated carbocycles. The number of hydrogen-bond donors (Lipinski definition) is 2. The normalized spacial score (nSPS) is 42.2. The summed E-state index contributed by atoms with van der Waals surface area (Å²) in [4.78, 5) is 13.7. The molecule has 1 heterocycles. The molecule has 6 heteroatoms. The van der Waals surface area contributed by atoms with Gasteiger partial charge in [-0.25, -0.2) is 0 Å². The van der Waals surface area contributed by atoms with Crippen molar-refractivity contribution in [1.82, 2.24) is 10.2 Å². The maximum Gasteiger partial charge on any atom is 0.239 e. The first-order valence-electron chi connectivity index (χ1n) is 7.32. The van der Waals surface area contributed by atoms with E-state index in [1.807, 2.05) is 0 Å². The molecule has 0 aromatic carbocycles. The van der Waals surface area contributed by atoms with E-state index in [0.717, 1.165) is 25.8 Å². The van der Waals surface area contributed by atoms with Gasteiger partial charge in [-0.05, 0) is 38.1 Å². The summed E-state index contributed by atoms with van der Waals surface area (Å²) >= 11 is 12.7. The number of aliphatic hydroxyl groups excluding tert-OH is 1. The Kier molecular flexibility index (Phi) is 5.57. The van der Waals surface area contributed by atoms with Gasteiger partial charge in [-0.1, -0.05) is 0 Å². The number of likely N-dealkylation sites (N-methyl/N-ethyl adjacent to an activating group) is 1. The van der Waals surface area contributed by atoms with Gasteiger partial charge in [0.15, 0.2) is 0 Å². The first kappa shape index (κ1) is 16.3. The predicted molar refractivity (Wildman–Crippen MR) is 81.2 cm³/mol. The number of nitrogens with zero attached hydrogens (tertiary/aromatic N) is 1. The van der Waals surface area contributed by atoms with Crippen LogP contribution >= 0.6 is 23.2 Å². The summed E-state index contributed by atoms with van der Waals surface area (Å²) < 4.78 is 0. The van der Waals surface area contributed by atoms with Gasteiger partial charge in [-0.15, -0.1) is 23.2 Å². The number of hydrogen-bond acceptors (Lipinski definition) is 3. The van der Waals surface area contributed by atoms with E-state index in [1.165, 1.54) is 0 Å². The molecule has 2 rings (SSSR count). The first-order valence-corrected chi connectivity index (χ1v) is 8.20. The molecule has 2 fully saturated rings. The fourth-order valence-electron chi connectivity index (χ4n) is 3.51. The second kappa shape index (κ2) is 6.82. The van der Waals surface area contributed by atoms with Crippen molar-refractivity contribution in [2.45, 2.75) is 48.6 Å². The molecule has 116 valence electrons. The molecule has 3 unspecified atom stereocenters. The highest BCUT2D eigenvalue weighted by Crippen LogP contribution is 2.40. The van der Waals surface area contributed by atoms with Crippen LogP contribution in [0.1, 0.15) is 25.7 Å². The fourth-order valence-corrected chi connectivity index (χ4v) is 4.30. The van der Waals surface area contributed by atoms with Crippen LogP contribution in [0.2, 0.25) is 0 Å². The van der Waals surface area contributed by atoms with Crippen molar-refractivity contribution in [3.8, 4) is 0 Å². The number of alkyl halides is 2. The lowest BCUT2D eigenvalue weighted by Crippen LogP contribution is -2.53. The minimum absolute atomic E-state index is 0.00696. The zero-order valence-corrected chi connectivity index (χ0v) is 13.6. The molecule has 1 aliphatic heterocycles. The number of halogens is 2. The molecule has 0 bridgehead atoms. The summed E-state index contributed by atoms with van der Waals surface area (Å²) in [5.74, 6) is 0.338. The number of nitrogens with one attached hydrogen (secondary N) is 1. The van der Waals surface area contributed by atoms with E-state index in [1.54, 1.807) is 19.0 Å². The van der Waals surface area contributed by atoms with Crippen molar-refractivity contribution >= 4 is 29.1 Å². The predicted octanol–water partition coefficient (Wildman–Crippen LogP) is 1.43. The summed E-state index contributed by atoms with van der Waals surface area (Å²) in [6.45, 7) is 0.786. The van der Waals surface area contributed by atoms with Crippen molar-refractivity contribution in [2.24, 2.45) is 11.8 Å². The number of carbonyl (C=O) groups is 1. The van der Waals surface area contributed by atoms with Gasteiger partial charge in [-0.2, -0.15) is 0 Å². The number of rotatable bonds is 2. The number of amides is 1. The topological polar surface area (TPSA) is 52.6 Å². The average molecular weight is 323 g/mol. The Morgan fingerprint density at radius 1 is 1.25 bits per heavy atom. The van der Waals surface area contributed by atoms with Gasteiger partial charge in [0.2, 0.25) is 5.91 Å². The van der Waals surface area contributed by atoms with Crippen LogP contribution in [0.4, 0.5) is 0 Å². The summed E-state index contributed by atoms with van der Waals surface area (Å²) in [5.41, 5.74) is 0. The van der Waals surface area contributed by atoms with Gasteiger partial charge >= 0.3 is 0 Å². The molecular formula is C14H24Cl2N2O2. The summed E-state index contributed by atoms with van der Waals surface area (Å²) in [5, 5.41) is 13.3. The van der Waals surface area contributed by atoms with Crippen molar-refractivity contribution in [1.29, 1.82) is 0 Å². The van der Waals surface area contributed by atoms with Crippen molar-refractivity contribution in [3.63, 3.8) is 0 Å². The standard InChI is InChI=1S/C14H24Cl2N2O2/c1-18(2)14(20)10-7-8(5-6-17-10)12-11(19)4-3-9(15)13(12)16/h8-13,17,19H,3-7H2,1-2H3/t8-,9?,10-,11-,12?,13?/m1/s1. The Labute approximate surface area is 130 Å². The van der Waals surface area contributed by atoms with E-state index in [-0.39, 0.29) is 34.5 Å². The highest BCUT2D eigenvalue weighted by Gasteiger charge is 2.43. The Bertz CT molecular complexity index is 354. The van der Waals surface area contributed by atoms with Crippen LogP contribution < -0.4 is 5.32 Å². The van der Waals surface area contributed by atoms with Crippen LogP contribution in [0.15, 0.2) is 0 Å². The van der Waals surface area contributed by atoms with Gasteiger partial charge in [-0.3, -0.25) is 4.79 Å². The smallest absolute Gasteiger partial charge is 0.239 e. The number of aliphatic hydroxyl groups is 1. The molecule has 1 amide bonds. The third-order valence-corrected chi connectivity index (χ3v) is 5.84. The average Bonchev–Trinajstić information content (AvgIpc) is 2.43. The van der Waals surface area contributed by atoms with Crippen LogP contribution in [-0.4, -0.2) is 59.5 Å². The number of piperidine rings is 1. The molecule has 20 heavy (non-hydrogen) atoms. The van der Waals surface area contributed by atoms with Crippen molar-refractivity contribution in [3.05, 3.63) is 0 Å². The van der Waals surface area contributed by atoms with E-state index in [9.17, 15) is 9.90 Å². The minimum atomic E-state index is -0.397. The Morgan fingerprint density at radius 2 is 1.95 bits per heavy atom. The molecule has 2 aliphatic rings. The third kappa shape index (κ3) is 3.41. The SMILES string of the molecule is CN(C)C(=O)[C@H]1C[C@H](C2C(Cl)C(Cl)CC[C@H]2O)CCN1. The van der Waals surface area contributed by atoms with Gasteiger partial charge in [0.1, 0.15) is 0 Å². The highest BCUT2D eigenvalue weighted by molar-refractivity contribution is 6.30. The van der Waals surface area contributed by atoms with Crippen LogP contribution in [0, 0.1) is 11.8 Å². The van der Waals surface area contributed by atoms with Crippen LogP contribution in [0.25, 0.3) is 0 Å². The lowest BCUT2D eigenvalue weighted by molar-refractivity contribution is -0.132. The van der Waals surface area contributed by atoms with Gasteiger partial charge in [0, 0.05) is 20.0 Å². The van der Waals surface area contributed by atoms with Crippen LogP contribution in [0.5, 0.6) is 0 Å². The molecular weight excluding hydrogens is 299 g/mol.